The summed E-state index contributed by atoms with van der Waals surface area (Å²) in [5.41, 5.74) is 3.85. The molecule has 5 fully saturated rings. The van der Waals surface area contributed by atoms with Gasteiger partial charge in [-0.25, -0.2) is 4.79 Å². The third kappa shape index (κ3) is 6.76. The Morgan fingerprint density at radius 3 is 2.02 bits per heavy atom. The fourth-order valence-corrected chi connectivity index (χ4v) is 10.00. The summed E-state index contributed by atoms with van der Waals surface area (Å²) in [4.78, 5) is 85.0. The number of carbonyl (C=O) groups is 6. The number of amides is 6. The van der Waals surface area contributed by atoms with Crippen LogP contribution >= 0.6 is 0 Å². The van der Waals surface area contributed by atoms with Gasteiger partial charge in [-0.15, -0.1) is 0 Å². The van der Waals surface area contributed by atoms with E-state index in [2.05, 4.69) is 35.1 Å². The molecule has 13 nitrogen and oxygen atoms in total. The summed E-state index contributed by atoms with van der Waals surface area (Å²) in [5, 5.41) is 12.0. The molecule has 6 amide bonds. The summed E-state index contributed by atoms with van der Waals surface area (Å²) >= 11 is 0. The number of carbonyl (C=O) groups excluding carboxylic acids is 6. The van der Waals surface area contributed by atoms with Crippen molar-refractivity contribution in [3.63, 3.8) is 0 Å². The third-order valence-electron chi connectivity index (χ3n) is 13.7. The van der Waals surface area contributed by atoms with Gasteiger partial charge in [0.25, 0.3) is 5.91 Å². The van der Waals surface area contributed by atoms with E-state index in [1.165, 1.54) is 0 Å². The maximum Gasteiger partial charge on any atom is 0.316 e. The van der Waals surface area contributed by atoms with Crippen LogP contribution in [-0.4, -0.2) is 101 Å². The highest BCUT2D eigenvalue weighted by Crippen LogP contribution is 2.88. The van der Waals surface area contributed by atoms with Crippen LogP contribution in [0.4, 0.5) is 4.79 Å². The minimum Gasteiger partial charge on any atom is -0.363 e. The molecule has 3 saturated carbocycles. The van der Waals surface area contributed by atoms with Crippen molar-refractivity contribution in [2.24, 2.45) is 39.2 Å². The lowest BCUT2D eigenvalue weighted by Crippen LogP contribution is -2.65. The van der Waals surface area contributed by atoms with Gasteiger partial charge < -0.3 is 36.8 Å². The molecule has 0 aromatic rings. The molecule has 5 atom stereocenters. The Labute approximate surface area is 303 Å². The first-order chi connectivity index (χ1) is 23.6. The minimum absolute atomic E-state index is 0.0204. The molecule has 3 aliphatic carbocycles. The smallest absolute Gasteiger partial charge is 0.316 e. The standard InChI is InChI=1S/C38H63N7O6/c1-22(2)26(31(49)45-17-16-40-20-35(45,6)7)42-33(51)43-28(34(3,4)5)32(50)44-21-38(36(8,9)37(38)14-11-15-37)19-25(44)30(48)41-24(27(46)29(39)47)18-23-12-10-13-23/h22-26,28,40H,10-21H2,1-9H3,(H2,39,47)(H,41,48)(H2,42,43,51)/t24?,25-,26-,28+,38+/m0/s1. The SMILES string of the molecule is CC(C)[C@H](NC(=O)N[C@H](C(=O)N1C[C@]2(C[C@H]1C(=O)NC(CC1CCC1)C(=O)C(N)=O)C(C)(C)C21CCC1)C(C)(C)C)C(=O)N1CCNCC1(C)C. The predicted molar refractivity (Wildman–Crippen MR) is 193 cm³/mol. The van der Waals surface area contributed by atoms with E-state index in [1.54, 1.807) is 4.90 Å². The van der Waals surface area contributed by atoms with Gasteiger partial charge in [0.15, 0.2) is 0 Å². The van der Waals surface area contributed by atoms with Crippen LogP contribution in [0.25, 0.3) is 0 Å². The molecule has 1 unspecified atom stereocenters. The van der Waals surface area contributed by atoms with Crippen LogP contribution in [0.3, 0.4) is 0 Å². The van der Waals surface area contributed by atoms with Crippen LogP contribution in [0.15, 0.2) is 0 Å². The van der Waals surface area contributed by atoms with Crippen molar-refractivity contribution in [3.05, 3.63) is 0 Å². The highest BCUT2D eigenvalue weighted by atomic mass is 16.2. The molecule has 5 rings (SSSR count). The number of ketones is 1. The van der Waals surface area contributed by atoms with Crippen LogP contribution in [0.5, 0.6) is 0 Å². The van der Waals surface area contributed by atoms with Crippen LogP contribution in [0, 0.1) is 33.5 Å². The highest BCUT2D eigenvalue weighted by molar-refractivity contribution is 6.37. The second-order valence-corrected chi connectivity index (χ2v) is 18.8. The first-order valence-electron chi connectivity index (χ1n) is 19.1. The molecule has 2 aliphatic heterocycles. The van der Waals surface area contributed by atoms with Gasteiger partial charge in [-0.2, -0.15) is 0 Å². The molecule has 0 bridgehead atoms. The first kappa shape index (κ1) is 39.0. The molecule has 5 aliphatic rings. The monoisotopic (exact) mass is 713 g/mol. The summed E-state index contributed by atoms with van der Waals surface area (Å²) < 4.78 is 0. The number of primary amides is 1. The summed E-state index contributed by atoms with van der Waals surface area (Å²) in [6.07, 6.45) is 6.80. The zero-order valence-electron chi connectivity index (χ0n) is 32.4. The predicted octanol–water partition coefficient (Wildman–Crippen LogP) is 2.46. The molecular weight excluding hydrogens is 650 g/mol. The normalized spacial score (nSPS) is 27.9. The molecule has 0 aromatic heterocycles. The van der Waals surface area contributed by atoms with Crippen LogP contribution in [0.1, 0.15) is 114 Å². The fourth-order valence-electron chi connectivity index (χ4n) is 10.00. The number of nitrogens with zero attached hydrogens (tertiary/aromatic N) is 2. The molecule has 2 spiro atoms. The largest absolute Gasteiger partial charge is 0.363 e. The molecule has 286 valence electrons. The molecule has 6 N–H and O–H groups in total. The first-order valence-corrected chi connectivity index (χ1v) is 19.1. The van der Waals surface area contributed by atoms with E-state index in [9.17, 15) is 28.8 Å². The van der Waals surface area contributed by atoms with Crippen molar-refractivity contribution >= 4 is 35.4 Å². The number of piperazine rings is 1. The third-order valence-corrected chi connectivity index (χ3v) is 13.7. The van der Waals surface area contributed by atoms with E-state index < -0.39 is 58.7 Å². The van der Waals surface area contributed by atoms with Crippen molar-refractivity contribution in [3.8, 4) is 0 Å². The molecule has 13 heteroatoms. The van der Waals surface area contributed by atoms with Gasteiger partial charge in [0, 0.05) is 37.1 Å². The number of hydrogen-bond acceptors (Lipinski definition) is 7. The van der Waals surface area contributed by atoms with Crippen molar-refractivity contribution in [1.82, 2.24) is 31.1 Å². The number of Topliss-reactive ketones (excluding diaryl/α,β-unsaturated/α-hetero) is 1. The zero-order chi connectivity index (χ0) is 37.9. The van der Waals surface area contributed by atoms with Crippen molar-refractivity contribution in [2.45, 2.75) is 143 Å². The Morgan fingerprint density at radius 1 is 0.902 bits per heavy atom. The van der Waals surface area contributed by atoms with Crippen LogP contribution in [-0.2, 0) is 24.0 Å². The van der Waals surface area contributed by atoms with E-state index in [4.69, 9.17) is 5.73 Å². The van der Waals surface area contributed by atoms with Gasteiger partial charge >= 0.3 is 6.03 Å². The topological polar surface area (TPSA) is 183 Å². The summed E-state index contributed by atoms with van der Waals surface area (Å²) in [5.74, 6) is -2.94. The second kappa shape index (κ2) is 13.6. The number of fused-ring (bicyclic) bond motifs is 1. The lowest BCUT2D eigenvalue weighted by Gasteiger charge is -2.45. The van der Waals surface area contributed by atoms with Gasteiger partial charge in [0.05, 0.1) is 6.04 Å². The minimum atomic E-state index is -1.09. The van der Waals surface area contributed by atoms with E-state index in [0.717, 1.165) is 38.5 Å². The Hall–Kier alpha value is -3.22. The van der Waals surface area contributed by atoms with Crippen molar-refractivity contribution in [1.29, 1.82) is 0 Å². The van der Waals surface area contributed by atoms with Crippen molar-refractivity contribution in [2.75, 3.05) is 26.2 Å². The number of nitrogens with one attached hydrogen (secondary N) is 4. The molecular formula is C38H63N7O6. The Morgan fingerprint density at radius 2 is 1.55 bits per heavy atom. The fraction of sp³-hybridized carbons (Fsp3) is 0.842. The van der Waals surface area contributed by atoms with Gasteiger partial charge in [0.2, 0.25) is 23.5 Å². The average Bonchev–Trinajstić information content (AvgIpc) is 3.20. The van der Waals surface area contributed by atoms with Gasteiger partial charge in [-0.05, 0) is 67.6 Å². The van der Waals surface area contributed by atoms with E-state index in [0.29, 0.717) is 39.0 Å². The molecule has 2 heterocycles. The van der Waals surface area contributed by atoms with Gasteiger partial charge in [0.1, 0.15) is 18.1 Å². The average molecular weight is 714 g/mol. The van der Waals surface area contributed by atoms with Crippen LogP contribution in [0.2, 0.25) is 0 Å². The van der Waals surface area contributed by atoms with Crippen molar-refractivity contribution < 1.29 is 28.8 Å². The second-order valence-electron chi connectivity index (χ2n) is 18.8. The van der Waals surface area contributed by atoms with E-state index >= 15 is 0 Å². The Kier molecular flexibility index (Phi) is 10.4. The maximum absolute atomic E-state index is 14.8. The van der Waals surface area contributed by atoms with Crippen LogP contribution < -0.4 is 27.0 Å². The number of likely N-dealkylation sites (tertiary alicyclic amines) is 1. The highest BCUT2D eigenvalue weighted by Gasteiger charge is 2.85. The number of urea groups is 1. The molecule has 2 saturated heterocycles. The quantitative estimate of drug-likeness (QED) is 0.204. The Bertz CT molecular complexity index is 1430. The lowest BCUT2D eigenvalue weighted by atomic mass is 9.73. The summed E-state index contributed by atoms with van der Waals surface area (Å²) in [7, 11) is 0. The molecule has 0 radical (unpaired) electrons. The summed E-state index contributed by atoms with van der Waals surface area (Å²) in [6.45, 7) is 20.0. The molecule has 0 aromatic carbocycles. The Balaban J connectivity index is 1.39. The number of hydrogen-bond donors (Lipinski definition) is 5. The maximum atomic E-state index is 14.8. The molecule has 51 heavy (non-hydrogen) atoms. The van der Waals surface area contributed by atoms with E-state index in [-0.39, 0.29) is 39.9 Å². The van der Waals surface area contributed by atoms with Gasteiger partial charge in [-0.3, -0.25) is 24.0 Å². The number of nitrogens with two attached hydrogens (primary N) is 1. The number of rotatable bonds is 11. The van der Waals surface area contributed by atoms with Gasteiger partial charge in [-0.1, -0.05) is 74.1 Å². The lowest BCUT2D eigenvalue weighted by molar-refractivity contribution is -0.143. The van der Waals surface area contributed by atoms with E-state index in [1.807, 2.05) is 53.4 Å². The zero-order valence-corrected chi connectivity index (χ0v) is 32.4. The summed E-state index contributed by atoms with van der Waals surface area (Å²) in [6, 6.07) is -4.41.